The molecule has 0 amide bonds. The number of hydrogen-bond donors (Lipinski definition) is 1. The van der Waals surface area contributed by atoms with E-state index in [1.54, 1.807) is 0 Å². The fourth-order valence-electron chi connectivity index (χ4n) is 7.05. The van der Waals surface area contributed by atoms with Crippen LogP contribution in [0.15, 0.2) is 24.3 Å². The second kappa shape index (κ2) is 43.2. The number of carbonyl (C=O) groups excluding carboxylic acids is 3. The quantitative estimate of drug-likeness (QED) is 0.0377. The summed E-state index contributed by atoms with van der Waals surface area (Å²) in [4.78, 5) is 39.1. The van der Waals surface area contributed by atoms with Gasteiger partial charge in [-0.25, -0.2) is 0 Å². The first-order valence-corrected chi connectivity index (χ1v) is 23.8. The molecule has 0 spiro atoms. The molecule has 0 aliphatic heterocycles. The van der Waals surface area contributed by atoms with Crippen LogP contribution < -0.4 is 0 Å². The summed E-state index contributed by atoms with van der Waals surface area (Å²) in [7, 11) is 0. The Kier molecular flexibility index (Phi) is 41.6. The number of ether oxygens (including phenoxy) is 2. The molecule has 0 saturated carbocycles. The number of esters is 2. The first kappa shape index (κ1) is 53.0. The maximum atomic E-state index is 13.4. The van der Waals surface area contributed by atoms with Gasteiger partial charge in [0.05, 0.1) is 6.61 Å². The Morgan fingerprint density at radius 3 is 1.05 bits per heavy atom. The molecular formula is C49H90O6. The third kappa shape index (κ3) is 37.4. The van der Waals surface area contributed by atoms with Gasteiger partial charge in [0.25, 0.3) is 0 Å². The fraction of sp³-hybridized carbons (Fsp3) is 0.857. The number of Topliss-reactive ketones (excluding diaryl/α,β-unsaturated/α-hetero) is 1. The number of allylic oxidation sites excluding steroid dienone is 4. The lowest BCUT2D eigenvalue weighted by Gasteiger charge is -2.25. The van der Waals surface area contributed by atoms with Gasteiger partial charge in [-0.05, 0) is 70.6 Å². The molecule has 322 valence electrons. The number of aliphatic hydroxyl groups is 1. The summed E-state index contributed by atoms with van der Waals surface area (Å²) in [6.45, 7) is 6.17. The SMILES string of the molecule is CCCCCCC=CCCCCCCCC(=O)OC(CO)C(OC(=O)CCCCCCCCCCCCC)C(=O)CCCCCCCC=CCCCCCC. The zero-order valence-corrected chi connectivity index (χ0v) is 36.6. The summed E-state index contributed by atoms with van der Waals surface area (Å²) in [6, 6.07) is 0. The van der Waals surface area contributed by atoms with Gasteiger partial charge in [-0.15, -0.1) is 0 Å². The second-order valence-electron chi connectivity index (χ2n) is 16.1. The number of unbranched alkanes of at least 4 members (excludes halogenated alkanes) is 28. The molecule has 1 N–H and O–H groups in total. The Bertz CT molecular complexity index is 911. The van der Waals surface area contributed by atoms with Gasteiger partial charge >= 0.3 is 11.9 Å². The lowest BCUT2D eigenvalue weighted by atomic mass is 10.0. The zero-order chi connectivity index (χ0) is 40.3. The van der Waals surface area contributed by atoms with Crippen LogP contribution in [0.5, 0.6) is 0 Å². The van der Waals surface area contributed by atoms with Gasteiger partial charge in [0.2, 0.25) is 0 Å². The first-order valence-electron chi connectivity index (χ1n) is 23.8. The van der Waals surface area contributed by atoms with Crippen LogP contribution >= 0.6 is 0 Å². The van der Waals surface area contributed by atoms with Crippen molar-refractivity contribution in [3.05, 3.63) is 24.3 Å². The zero-order valence-electron chi connectivity index (χ0n) is 36.6. The first-order chi connectivity index (χ1) is 27.0. The summed E-state index contributed by atoms with van der Waals surface area (Å²) in [6.07, 6.45) is 45.5. The number of rotatable bonds is 43. The topological polar surface area (TPSA) is 89.9 Å². The minimum atomic E-state index is -1.25. The van der Waals surface area contributed by atoms with Crippen molar-refractivity contribution in [2.24, 2.45) is 0 Å². The average Bonchev–Trinajstić information content (AvgIpc) is 3.18. The van der Waals surface area contributed by atoms with Crippen molar-refractivity contribution < 1.29 is 29.0 Å². The smallest absolute Gasteiger partial charge is 0.306 e. The van der Waals surface area contributed by atoms with Crippen LogP contribution in [0.1, 0.15) is 252 Å². The van der Waals surface area contributed by atoms with Crippen LogP contribution in [-0.4, -0.2) is 41.6 Å². The largest absolute Gasteiger partial charge is 0.455 e. The predicted molar refractivity (Wildman–Crippen MR) is 233 cm³/mol. The highest BCUT2D eigenvalue weighted by Gasteiger charge is 2.34. The minimum absolute atomic E-state index is 0.231. The molecular weight excluding hydrogens is 685 g/mol. The van der Waals surface area contributed by atoms with Crippen LogP contribution in [0.4, 0.5) is 0 Å². The normalized spacial score (nSPS) is 12.8. The number of carbonyl (C=O) groups is 3. The predicted octanol–water partition coefficient (Wildman–Crippen LogP) is 14.6. The van der Waals surface area contributed by atoms with Gasteiger partial charge in [0.1, 0.15) is 0 Å². The molecule has 0 heterocycles. The van der Waals surface area contributed by atoms with Crippen LogP contribution in [0.3, 0.4) is 0 Å². The number of hydrogen-bond acceptors (Lipinski definition) is 6. The van der Waals surface area contributed by atoms with E-state index in [0.717, 1.165) is 77.0 Å². The van der Waals surface area contributed by atoms with Crippen LogP contribution in [-0.2, 0) is 23.9 Å². The van der Waals surface area contributed by atoms with Crippen LogP contribution in [0.25, 0.3) is 0 Å². The molecule has 0 saturated heterocycles. The van der Waals surface area contributed by atoms with E-state index < -0.39 is 30.8 Å². The average molecular weight is 775 g/mol. The molecule has 2 unspecified atom stereocenters. The van der Waals surface area contributed by atoms with Gasteiger partial charge in [0, 0.05) is 19.3 Å². The van der Waals surface area contributed by atoms with Gasteiger partial charge in [-0.3, -0.25) is 14.4 Å². The molecule has 0 aliphatic carbocycles. The summed E-state index contributed by atoms with van der Waals surface area (Å²) in [5, 5.41) is 10.2. The van der Waals surface area contributed by atoms with Gasteiger partial charge in [-0.2, -0.15) is 0 Å². The fourth-order valence-corrected chi connectivity index (χ4v) is 7.05. The van der Waals surface area contributed by atoms with E-state index in [9.17, 15) is 19.5 Å². The number of ketones is 1. The highest BCUT2D eigenvalue weighted by atomic mass is 16.6. The highest BCUT2D eigenvalue weighted by molar-refractivity contribution is 5.86. The molecule has 6 nitrogen and oxygen atoms in total. The van der Waals surface area contributed by atoms with Gasteiger partial charge in [0.15, 0.2) is 18.0 Å². The molecule has 0 bridgehead atoms. The summed E-state index contributed by atoms with van der Waals surface area (Å²) >= 11 is 0. The molecule has 0 aromatic heterocycles. The Morgan fingerprint density at radius 1 is 0.400 bits per heavy atom. The van der Waals surface area contributed by atoms with Crippen LogP contribution in [0, 0.1) is 0 Å². The highest BCUT2D eigenvalue weighted by Crippen LogP contribution is 2.18. The molecule has 0 aromatic rings. The minimum Gasteiger partial charge on any atom is -0.455 e. The molecule has 0 radical (unpaired) electrons. The Balaban J connectivity index is 4.67. The third-order valence-electron chi connectivity index (χ3n) is 10.7. The summed E-state index contributed by atoms with van der Waals surface area (Å²) < 4.78 is 11.3. The summed E-state index contributed by atoms with van der Waals surface area (Å²) in [5.41, 5.74) is 0. The Hall–Kier alpha value is -1.95. The Morgan fingerprint density at radius 2 is 0.691 bits per heavy atom. The van der Waals surface area contributed by atoms with Crippen molar-refractivity contribution in [1.82, 2.24) is 0 Å². The molecule has 0 aliphatic rings. The molecule has 55 heavy (non-hydrogen) atoms. The Labute approximate surface area is 340 Å². The molecule has 2 atom stereocenters. The third-order valence-corrected chi connectivity index (χ3v) is 10.7. The summed E-state index contributed by atoms with van der Waals surface area (Å²) in [5.74, 6) is -1.16. The van der Waals surface area contributed by atoms with Crippen molar-refractivity contribution in [1.29, 1.82) is 0 Å². The van der Waals surface area contributed by atoms with E-state index in [-0.39, 0.29) is 25.0 Å². The van der Waals surface area contributed by atoms with Crippen molar-refractivity contribution in [3.63, 3.8) is 0 Å². The van der Waals surface area contributed by atoms with Crippen molar-refractivity contribution in [2.45, 2.75) is 264 Å². The lowest BCUT2D eigenvalue weighted by molar-refractivity contribution is -0.175. The monoisotopic (exact) mass is 775 g/mol. The van der Waals surface area contributed by atoms with Crippen LogP contribution in [0.2, 0.25) is 0 Å². The van der Waals surface area contributed by atoms with E-state index in [2.05, 4.69) is 45.1 Å². The van der Waals surface area contributed by atoms with Gasteiger partial charge in [-0.1, -0.05) is 186 Å². The van der Waals surface area contributed by atoms with E-state index in [4.69, 9.17) is 9.47 Å². The van der Waals surface area contributed by atoms with Crippen molar-refractivity contribution >= 4 is 17.7 Å². The van der Waals surface area contributed by atoms with E-state index in [0.29, 0.717) is 19.3 Å². The molecule has 0 rings (SSSR count). The molecule has 0 fully saturated rings. The van der Waals surface area contributed by atoms with E-state index in [1.807, 2.05) is 0 Å². The maximum Gasteiger partial charge on any atom is 0.306 e. The standard InChI is InChI=1S/C49H90O6/c1-4-7-10-13-16-19-22-24-27-29-32-35-38-41-45(51)49(55-48(53)43-40-37-34-30-26-21-18-15-12-9-6-3)46(44-50)54-47(52)42-39-36-33-31-28-25-23-20-17-14-11-8-5-2/h19-20,22-23,46,49-50H,4-18,21,24-44H2,1-3H3. The molecule has 6 heteroatoms. The molecule has 0 aromatic carbocycles. The lowest BCUT2D eigenvalue weighted by Crippen LogP contribution is -2.43. The van der Waals surface area contributed by atoms with Crippen molar-refractivity contribution in [2.75, 3.05) is 6.61 Å². The van der Waals surface area contributed by atoms with Gasteiger partial charge < -0.3 is 14.6 Å². The van der Waals surface area contributed by atoms with E-state index >= 15 is 0 Å². The number of aliphatic hydroxyl groups excluding tert-OH is 1. The second-order valence-corrected chi connectivity index (χ2v) is 16.1. The maximum absolute atomic E-state index is 13.4. The van der Waals surface area contributed by atoms with Crippen molar-refractivity contribution in [3.8, 4) is 0 Å². The van der Waals surface area contributed by atoms with E-state index in [1.165, 1.54) is 116 Å².